The largest absolute Gasteiger partial charge is 0.494 e. The molecule has 0 aliphatic carbocycles. The van der Waals surface area contributed by atoms with Gasteiger partial charge in [-0.2, -0.15) is 5.26 Å². The number of amides is 1. The van der Waals surface area contributed by atoms with Crippen molar-refractivity contribution in [3.8, 4) is 11.8 Å². The van der Waals surface area contributed by atoms with E-state index in [-0.39, 0.29) is 5.91 Å². The summed E-state index contributed by atoms with van der Waals surface area (Å²) in [4.78, 5) is 17.7. The molecule has 0 spiro atoms. The lowest BCUT2D eigenvalue weighted by atomic mass is 10.2. The molecule has 0 unspecified atom stereocenters. The molecule has 1 amide bonds. The van der Waals surface area contributed by atoms with E-state index in [9.17, 15) is 4.79 Å². The van der Waals surface area contributed by atoms with Crippen molar-refractivity contribution in [2.24, 2.45) is 0 Å². The second-order valence-corrected chi connectivity index (χ2v) is 5.59. The fourth-order valence-electron chi connectivity index (χ4n) is 1.88. The van der Waals surface area contributed by atoms with Crippen LogP contribution in [0.3, 0.4) is 0 Å². The number of aromatic nitrogens is 1. The van der Waals surface area contributed by atoms with Gasteiger partial charge in [0.05, 0.1) is 18.2 Å². The monoisotopic (exact) mass is 315 g/mol. The minimum atomic E-state index is 0.0569. The van der Waals surface area contributed by atoms with E-state index in [4.69, 9.17) is 10.00 Å². The first-order valence-corrected chi connectivity index (χ1v) is 7.87. The Morgan fingerprint density at radius 3 is 3.05 bits per heavy atom. The van der Waals surface area contributed by atoms with Crippen molar-refractivity contribution >= 4 is 22.4 Å². The van der Waals surface area contributed by atoms with Crippen LogP contribution in [0, 0.1) is 11.3 Å². The molecule has 0 aliphatic rings. The zero-order chi connectivity index (χ0) is 15.8. The summed E-state index contributed by atoms with van der Waals surface area (Å²) in [5.41, 5.74) is 0.581. The molecule has 0 atom stereocenters. The number of carbonyl (C=O) groups is 1. The number of ether oxygens (including phenoxy) is 1. The summed E-state index contributed by atoms with van der Waals surface area (Å²) >= 11 is 1.45. The number of thiazole rings is 1. The van der Waals surface area contributed by atoms with Crippen LogP contribution in [0.15, 0.2) is 35.8 Å². The summed E-state index contributed by atoms with van der Waals surface area (Å²) in [5, 5.41) is 11.4. The molecule has 0 bridgehead atoms. The van der Waals surface area contributed by atoms with Gasteiger partial charge in [0.1, 0.15) is 5.75 Å². The molecular weight excluding hydrogens is 298 g/mol. The first kappa shape index (κ1) is 16.0. The van der Waals surface area contributed by atoms with Crippen molar-refractivity contribution in [2.75, 3.05) is 18.6 Å². The summed E-state index contributed by atoms with van der Waals surface area (Å²) in [7, 11) is 1.74. The first-order chi connectivity index (χ1) is 10.7. The summed E-state index contributed by atoms with van der Waals surface area (Å²) in [6.45, 7) is 0.531. The van der Waals surface area contributed by atoms with E-state index in [1.54, 1.807) is 36.3 Å². The lowest BCUT2D eigenvalue weighted by Crippen LogP contribution is -2.25. The third-order valence-electron chi connectivity index (χ3n) is 3.10. The SMILES string of the molecule is CN(C(=O)CCCCOc1cccc(C#N)c1)c1nccs1. The summed E-state index contributed by atoms with van der Waals surface area (Å²) in [6, 6.07) is 9.13. The molecule has 2 rings (SSSR count). The van der Waals surface area contributed by atoms with Gasteiger partial charge in [0, 0.05) is 25.0 Å². The zero-order valence-corrected chi connectivity index (χ0v) is 13.2. The lowest BCUT2D eigenvalue weighted by molar-refractivity contribution is -0.118. The summed E-state index contributed by atoms with van der Waals surface area (Å²) in [5.74, 6) is 0.742. The second kappa shape index (κ2) is 8.15. The molecule has 1 aromatic heterocycles. The van der Waals surface area contributed by atoms with Gasteiger partial charge in [-0.15, -0.1) is 11.3 Å². The van der Waals surface area contributed by atoms with Crippen LogP contribution in [-0.4, -0.2) is 24.5 Å². The van der Waals surface area contributed by atoms with E-state index in [1.807, 2.05) is 11.4 Å². The van der Waals surface area contributed by atoms with Gasteiger partial charge in [-0.05, 0) is 31.0 Å². The Hall–Kier alpha value is -2.39. The van der Waals surface area contributed by atoms with Crippen molar-refractivity contribution < 1.29 is 9.53 Å². The van der Waals surface area contributed by atoms with E-state index >= 15 is 0 Å². The van der Waals surface area contributed by atoms with Gasteiger partial charge in [-0.3, -0.25) is 9.69 Å². The quantitative estimate of drug-likeness (QED) is 0.736. The number of nitrogens with zero attached hydrogens (tertiary/aromatic N) is 3. The second-order valence-electron chi connectivity index (χ2n) is 4.71. The van der Waals surface area contributed by atoms with E-state index < -0.39 is 0 Å². The van der Waals surface area contributed by atoms with E-state index in [0.29, 0.717) is 24.3 Å². The predicted molar refractivity (Wildman–Crippen MR) is 86.0 cm³/mol. The Morgan fingerprint density at radius 1 is 1.45 bits per heavy atom. The molecule has 6 heteroatoms. The number of carbonyl (C=O) groups excluding carboxylic acids is 1. The molecule has 0 N–H and O–H groups in total. The number of unbranched alkanes of at least 4 members (excludes halogenated alkanes) is 1. The van der Waals surface area contributed by atoms with Crippen LogP contribution < -0.4 is 9.64 Å². The molecule has 0 aliphatic heterocycles. The smallest absolute Gasteiger partial charge is 0.228 e. The average molecular weight is 315 g/mol. The van der Waals surface area contributed by atoms with Crippen LogP contribution >= 0.6 is 11.3 Å². The molecule has 2 aromatic rings. The fraction of sp³-hybridized carbons (Fsp3) is 0.312. The third kappa shape index (κ3) is 4.57. The maximum absolute atomic E-state index is 12.0. The van der Waals surface area contributed by atoms with Crippen LogP contribution in [0.25, 0.3) is 0 Å². The normalized spacial score (nSPS) is 10.0. The zero-order valence-electron chi connectivity index (χ0n) is 12.4. The Balaban J connectivity index is 1.67. The molecule has 22 heavy (non-hydrogen) atoms. The number of rotatable bonds is 7. The Bertz CT molecular complexity index is 650. The first-order valence-electron chi connectivity index (χ1n) is 6.99. The Kier molecular flexibility index (Phi) is 5.92. The molecule has 0 fully saturated rings. The number of hydrogen-bond acceptors (Lipinski definition) is 5. The topological polar surface area (TPSA) is 66.2 Å². The van der Waals surface area contributed by atoms with E-state index in [2.05, 4.69) is 11.1 Å². The third-order valence-corrected chi connectivity index (χ3v) is 3.95. The van der Waals surface area contributed by atoms with Crippen LogP contribution in [0.2, 0.25) is 0 Å². The number of hydrogen-bond donors (Lipinski definition) is 0. The minimum Gasteiger partial charge on any atom is -0.494 e. The van der Waals surface area contributed by atoms with Crippen LogP contribution in [0.1, 0.15) is 24.8 Å². The standard InChI is InChI=1S/C16H17N3O2S/c1-19(16-18-8-10-22-16)15(20)7-2-3-9-21-14-6-4-5-13(11-14)12-17/h4-6,8,10-11H,2-3,7,9H2,1H3. The average Bonchev–Trinajstić information content (AvgIpc) is 3.08. The molecule has 5 nitrogen and oxygen atoms in total. The molecule has 1 heterocycles. The highest BCUT2D eigenvalue weighted by Crippen LogP contribution is 2.17. The van der Waals surface area contributed by atoms with Crippen molar-refractivity contribution in [1.82, 2.24) is 4.98 Å². The van der Waals surface area contributed by atoms with E-state index in [1.165, 1.54) is 11.3 Å². The van der Waals surface area contributed by atoms with E-state index in [0.717, 1.165) is 18.0 Å². The number of anilines is 1. The fourth-order valence-corrected chi connectivity index (χ4v) is 2.50. The van der Waals surface area contributed by atoms with Gasteiger partial charge in [0.15, 0.2) is 5.13 Å². The van der Waals surface area contributed by atoms with Gasteiger partial charge >= 0.3 is 0 Å². The molecule has 1 aromatic carbocycles. The number of nitriles is 1. The molecule has 0 radical (unpaired) electrons. The molecule has 0 saturated carbocycles. The highest BCUT2D eigenvalue weighted by molar-refractivity contribution is 7.13. The van der Waals surface area contributed by atoms with Gasteiger partial charge in [0.25, 0.3) is 0 Å². The van der Waals surface area contributed by atoms with Gasteiger partial charge < -0.3 is 4.74 Å². The molecule has 0 saturated heterocycles. The highest BCUT2D eigenvalue weighted by Gasteiger charge is 2.12. The Morgan fingerprint density at radius 2 is 2.32 bits per heavy atom. The maximum atomic E-state index is 12.0. The minimum absolute atomic E-state index is 0.0569. The maximum Gasteiger partial charge on any atom is 0.228 e. The summed E-state index contributed by atoms with van der Waals surface area (Å²) in [6.07, 6.45) is 3.70. The van der Waals surface area contributed by atoms with Crippen molar-refractivity contribution in [3.05, 3.63) is 41.4 Å². The predicted octanol–water partition coefficient (Wildman–Crippen LogP) is 3.23. The van der Waals surface area contributed by atoms with Crippen molar-refractivity contribution in [1.29, 1.82) is 5.26 Å². The van der Waals surface area contributed by atoms with Gasteiger partial charge in [0.2, 0.25) is 5.91 Å². The van der Waals surface area contributed by atoms with Crippen molar-refractivity contribution in [2.45, 2.75) is 19.3 Å². The van der Waals surface area contributed by atoms with Gasteiger partial charge in [-0.25, -0.2) is 4.98 Å². The van der Waals surface area contributed by atoms with Crippen molar-refractivity contribution in [3.63, 3.8) is 0 Å². The summed E-state index contributed by atoms with van der Waals surface area (Å²) < 4.78 is 5.58. The van der Waals surface area contributed by atoms with Crippen LogP contribution in [0.5, 0.6) is 5.75 Å². The van der Waals surface area contributed by atoms with Crippen LogP contribution in [0.4, 0.5) is 5.13 Å². The highest BCUT2D eigenvalue weighted by atomic mass is 32.1. The Labute approximate surface area is 133 Å². The molecular formula is C16H17N3O2S. The molecule has 114 valence electrons. The van der Waals surface area contributed by atoms with Crippen LogP contribution in [-0.2, 0) is 4.79 Å². The number of benzene rings is 1. The lowest BCUT2D eigenvalue weighted by Gasteiger charge is -2.13. The van der Waals surface area contributed by atoms with Gasteiger partial charge in [-0.1, -0.05) is 6.07 Å².